The first kappa shape index (κ1) is 15.1. The monoisotopic (exact) mass is 316 g/mol. The maximum absolute atomic E-state index is 13.7. The fourth-order valence-electron chi connectivity index (χ4n) is 1.61. The first-order valence-electron chi connectivity index (χ1n) is 5.51. The van der Waals surface area contributed by atoms with Gasteiger partial charge in [-0.15, -0.1) is 0 Å². The van der Waals surface area contributed by atoms with Crippen molar-refractivity contribution in [2.75, 3.05) is 5.32 Å². The van der Waals surface area contributed by atoms with Gasteiger partial charge in [0.1, 0.15) is 11.4 Å². The highest BCUT2D eigenvalue weighted by Gasteiger charge is 2.20. The Balaban J connectivity index is 2.38. The predicted octanol–water partition coefficient (Wildman–Crippen LogP) is 0.598. The van der Waals surface area contributed by atoms with Crippen LogP contribution in [0.4, 0.5) is 14.5 Å². The van der Waals surface area contributed by atoms with E-state index in [4.69, 9.17) is 5.14 Å². The highest BCUT2D eigenvalue weighted by atomic mass is 32.2. The van der Waals surface area contributed by atoms with E-state index in [1.165, 1.54) is 24.0 Å². The minimum Gasteiger partial charge on any atom is -0.316 e. The number of halogens is 2. The molecule has 0 spiro atoms. The van der Waals surface area contributed by atoms with Gasteiger partial charge in [-0.2, -0.15) is 5.10 Å². The number of benzene rings is 1. The molecule has 2 aromatic rings. The Bertz CT molecular complexity index is 794. The van der Waals surface area contributed by atoms with Crippen molar-refractivity contribution < 1.29 is 22.0 Å². The van der Waals surface area contributed by atoms with Crippen molar-refractivity contribution in [2.24, 2.45) is 12.2 Å². The summed E-state index contributed by atoms with van der Waals surface area (Å²) in [4.78, 5) is 11.1. The summed E-state index contributed by atoms with van der Waals surface area (Å²) in [5.74, 6) is -3.31. The molecule has 1 aromatic heterocycles. The van der Waals surface area contributed by atoms with Gasteiger partial charge in [0.15, 0.2) is 11.6 Å². The molecule has 3 N–H and O–H groups in total. The lowest BCUT2D eigenvalue weighted by atomic mass is 10.2. The van der Waals surface area contributed by atoms with Gasteiger partial charge in [0.05, 0.1) is 4.90 Å². The van der Waals surface area contributed by atoms with E-state index in [1.54, 1.807) is 0 Å². The Morgan fingerprint density at radius 1 is 1.33 bits per heavy atom. The van der Waals surface area contributed by atoms with E-state index in [0.717, 1.165) is 0 Å². The van der Waals surface area contributed by atoms with Gasteiger partial charge < -0.3 is 5.32 Å². The van der Waals surface area contributed by atoms with E-state index in [1.807, 2.05) is 5.32 Å². The van der Waals surface area contributed by atoms with Crippen LogP contribution in [-0.2, 0) is 17.1 Å². The molecule has 21 heavy (non-hydrogen) atoms. The van der Waals surface area contributed by atoms with Crippen molar-refractivity contribution in [2.45, 2.75) is 4.90 Å². The Morgan fingerprint density at radius 3 is 2.33 bits per heavy atom. The van der Waals surface area contributed by atoms with Gasteiger partial charge in [-0.1, -0.05) is 0 Å². The molecule has 0 radical (unpaired) electrons. The maximum Gasteiger partial charge on any atom is 0.274 e. The summed E-state index contributed by atoms with van der Waals surface area (Å²) in [7, 11) is -2.77. The van der Waals surface area contributed by atoms with Crippen LogP contribution in [0.2, 0.25) is 0 Å². The molecular formula is C11H10F2N4O3S. The molecule has 10 heteroatoms. The molecule has 112 valence electrons. The van der Waals surface area contributed by atoms with Crippen LogP contribution in [0, 0.1) is 11.6 Å². The van der Waals surface area contributed by atoms with Gasteiger partial charge in [0.25, 0.3) is 5.91 Å². The van der Waals surface area contributed by atoms with Crippen LogP contribution < -0.4 is 10.5 Å². The first-order chi connectivity index (χ1) is 9.70. The fraction of sp³-hybridized carbons (Fsp3) is 0.0909. The minimum absolute atomic E-state index is 0.0734. The average Bonchev–Trinajstić information content (AvgIpc) is 2.78. The van der Waals surface area contributed by atoms with E-state index in [2.05, 4.69) is 5.10 Å². The number of nitrogens with one attached hydrogen (secondary N) is 1. The Morgan fingerprint density at radius 2 is 1.90 bits per heavy atom. The predicted molar refractivity (Wildman–Crippen MR) is 68.9 cm³/mol. The number of amides is 1. The van der Waals surface area contributed by atoms with Gasteiger partial charge >= 0.3 is 0 Å². The quantitative estimate of drug-likeness (QED) is 0.864. The largest absolute Gasteiger partial charge is 0.316 e. The van der Waals surface area contributed by atoms with Crippen LogP contribution in [0.25, 0.3) is 0 Å². The van der Waals surface area contributed by atoms with Gasteiger partial charge in [-0.05, 0) is 18.2 Å². The smallest absolute Gasteiger partial charge is 0.274 e. The highest BCUT2D eigenvalue weighted by molar-refractivity contribution is 7.89. The lowest BCUT2D eigenvalue weighted by Gasteiger charge is -2.09. The molecule has 1 aromatic carbocycles. The number of aromatic nitrogens is 2. The number of anilines is 1. The molecule has 0 aliphatic heterocycles. The van der Waals surface area contributed by atoms with E-state index >= 15 is 0 Å². The van der Waals surface area contributed by atoms with Gasteiger partial charge in [0, 0.05) is 13.2 Å². The minimum atomic E-state index is -4.25. The zero-order chi connectivity index (χ0) is 15.8. The van der Waals surface area contributed by atoms with Crippen LogP contribution >= 0.6 is 0 Å². The van der Waals surface area contributed by atoms with Crippen molar-refractivity contribution in [3.8, 4) is 0 Å². The Hall–Kier alpha value is -2.33. The van der Waals surface area contributed by atoms with Crippen molar-refractivity contribution in [1.82, 2.24) is 9.78 Å². The molecule has 1 heterocycles. The third-order valence-electron chi connectivity index (χ3n) is 2.64. The number of carbonyl (C=O) groups excluding carboxylic acids is 1. The zero-order valence-corrected chi connectivity index (χ0v) is 11.5. The standard InChI is InChI=1S/C11H10F2N4O3S/c1-17-9(2-3-15-17)11(18)16-10-7(12)4-6(5-8(10)13)21(14,19)20/h2-5H,1H3,(H,16,18)(H2,14,19,20). The topological polar surface area (TPSA) is 107 Å². The second-order valence-electron chi connectivity index (χ2n) is 4.10. The summed E-state index contributed by atoms with van der Waals surface area (Å²) in [5.41, 5.74) is -0.696. The molecule has 1 amide bonds. The molecular weight excluding hydrogens is 306 g/mol. The highest BCUT2D eigenvalue weighted by Crippen LogP contribution is 2.23. The number of hydrogen-bond donors (Lipinski definition) is 2. The third-order valence-corrected chi connectivity index (χ3v) is 3.53. The number of sulfonamides is 1. The molecule has 0 bridgehead atoms. The second-order valence-corrected chi connectivity index (χ2v) is 5.66. The van der Waals surface area contributed by atoms with Gasteiger partial charge in [-0.25, -0.2) is 22.3 Å². The molecule has 0 aliphatic carbocycles. The van der Waals surface area contributed by atoms with Crippen LogP contribution in [0.5, 0.6) is 0 Å². The van der Waals surface area contributed by atoms with Crippen LogP contribution in [0.15, 0.2) is 29.3 Å². The summed E-state index contributed by atoms with van der Waals surface area (Å²) in [6, 6.07) is 2.40. The Labute approximate surface area is 118 Å². The molecule has 0 saturated carbocycles. The Kier molecular flexibility index (Phi) is 3.75. The van der Waals surface area contributed by atoms with Gasteiger partial charge in [0.2, 0.25) is 10.0 Å². The summed E-state index contributed by atoms with van der Waals surface area (Å²) < 4.78 is 50.8. The molecule has 0 atom stereocenters. The van der Waals surface area contributed by atoms with Crippen LogP contribution in [0.3, 0.4) is 0 Å². The molecule has 0 unspecified atom stereocenters. The number of hydrogen-bond acceptors (Lipinski definition) is 4. The molecule has 0 aliphatic rings. The van der Waals surface area contributed by atoms with E-state index in [-0.39, 0.29) is 5.69 Å². The van der Waals surface area contributed by atoms with E-state index in [0.29, 0.717) is 12.1 Å². The molecule has 2 rings (SSSR count). The summed E-state index contributed by atoms with van der Waals surface area (Å²) in [5, 5.41) is 10.5. The lowest BCUT2D eigenvalue weighted by Crippen LogP contribution is -2.19. The summed E-state index contributed by atoms with van der Waals surface area (Å²) in [6.45, 7) is 0. The average molecular weight is 316 g/mol. The summed E-state index contributed by atoms with van der Waals surface area (Å²) >= 11 is 0. The van der Waals surface area contributed by atoms with E-state index < -0.39 is 38.1 Å². The second kappa shape index (κ2) is 5.22. The maximum atomic E-state index is 13.7. The van der Waals surface area contributed by atoms with Crippen molar-refractivity contribution >= 4 is 21.6 Å². The van der Waals surface area contributed by atoms with Crippen LogP contribution in [-0.4, -0.2) is 24.1 Å². The number of rotatable bonds is 3. The number of nitrogens with zero attached hydrogens (tertiary/aromatic N) is 2. The number of aryl methyl sites for hydroxylation is 1. The van der Waals surface area contributed by atoms with E-state index in [9.17, 15) is 22.0 Å². The molecule has 0 saturated heterocycles. The zero-order valence-electron chi connectivity index (χ0n) is 10.7. The van der Waals surface area contributed by atoms with Crippen molar-refractivity contribution in [1.29, 1.82) is 0 Å². The number of primary sulfonamides is 1. The first-order valence-corrected chi connectivity index (χ1v) is 7.06. The molecule has 7 nitrogen and oxygen atoms in total. The van der Waals surface area contributed by atoms with Crippen LogP contribution in [0.1, 0.15) is 10.5 Å². The summed E-state index contributed by atoms with van der Waals surface area (Å²) in [6.07, 6.45) is 1.34. The third kappa shape index (κ3) is 3.06. The fourth-order valence-corrected chi connectivity index (χ4v) is 2.14. The van der Waals surface area contributed by atoms with Crippen molar-refractivity contribution in [3.05, 3.63) is 41.7 Å². The lowest BCUT2D eigenvalue weighted by molar-refractivity contribution is 0.101. The van der Waals surface area contributed by atoms with Gasteiger partial charge in [-0.3, -0.25) is 9.48 Å². The molecule has 0 fully saturated rings. The normalized spacial score (nSPS) is 11.4. The number of carbonyl (C=O) groups is 1. The number of nitrogens with two attached hydrogens (primary N) is 1. The SMILES string of the molecule is Cn1nccc1C(=O)Nc1c(F)cc(S(N)(=O)=O)cc1F. The van der Waals surface area contributed by atoms with Crippen molar-refractivity contribution in [3.63, 3.8) is 0 Å².